The Morgan fingerprint density at radius 3 is 2.59 bits per heavy atom. The molecule has 1 unspecified atom stereocenters. The van der Waals surface area contributed by atoms with E-state index in [9.17, 15) is 14.4 Å². The molecule has 0 radical (unpaired) electrons. The van der Waals surface area contributed by atoms with Crippen LogP contribution in [0, 0.1) is 0 Å². The van der Waals surface area contributed by atoms with Crippen molar-refractivity contribution in [2.45, 2.75) is 17.9 Å². The Kier molecular flexibility index (Phi) is 8.31. The number of nitrogens with zero attached hydrogens (tertiary/aromatic N) is 2. The summed E-state index contributed by atoms with van der Waals surface area (Å²) in [7, 11) is 3.32. The minimum absolute atomic E-state index is 0.0849. The molecule has 1 aromatic carbocycles. The number of nitrogens with one attached hydrogen (secondary N) is 1. The van der Waals surface area contributed by atoms with Gasteiger partial charge in [-0.25, -0.2) is 9.78 Å². The van der Waals surface area contributed by atoms with Crippen molar-refractivity contribution in [2.24, 2.45) is 0 Å². The summed E-state index contributed by atoms with van der Waals surface area (Å²) in [5.41, 5.74) is 0.270. The predicted octanol–water partition coefficient (Wildman–Crippen LogP) is 3.75. The zero-order valence-electron chi connectivity index (χ0n) is 15.9. The van der Waals surface area contributed by atoms with E-state index in [1.807, 2.05) is 0 Å². The summed E-state index contributed by atoms with van der Waals surface area (Å²) in [5, 5.41) is 2.98. The Morgan fingerprint density at radius 1 is 1.24 bits per heavy atom. The smallest absolute Gasteiger partial charge is 0.340 e. The van der Waals surface area contributed by atoms with Crippen LogP contribution in [0.3, 0.4) is 0 Å². The number of thioether (sulfide) groups is 1. The molecular formula is C19H19Cl2N3O4S. The van der Waals surface area contributed by atoms with E-state index in [1.165, 1.54) is 35.8 Å². The fourth-order valence-electron chi connectivity index (χ4n) is 2.03. The van der Waals surface area contributed by atoms with Crippen LogP contribution in [0.2, 0.25) is 10.0 Å². The molecule has 1 aromatic heterocycles. The van der Waals surface area contributed by atoms with Crippen molar-refractivity contribution in [1.82, 2.24) is 9.88 Å². The van der Waals surface area contributed by atoms with Crippen molar-refractivity contribution >= 4 is 58.6 Å². The molecule has 0 spiro atoms. The minimum atomic E-state index is -1.10. The van der Waals surface area contributed by atoms with Crippen molar-refractivity contribution in [1.29, 1.82) is 0 Å². The first kappa shape index (κ1) is 23.0. The lowest BCUT2D eigenvalue weighted by Crippen LogP contribution is -2.30. The zero-order chi connectivity index (χ0) is 21.6. The topological polar surface area (TPSA) is 88.6 Å². The first-order valence-corrected chi connectivity index (χ1v) is 10.2. The molecule has 7 nitrogen and oxygen atoms in total. The molecular weight excluding hydrogens is 437 g/mol. The maximum Gasteiger partial charge on any atom is 0.340 e. The van der Waals surface area contributed by atoms with Gasteiger partial charge in [-0.2, -0.15) is 0 Å². The Balaban J connectivity index is 2.03. The van der Waals surface area contributed by atoms with Crippen LogP contribution >= 0.6 is 35.0 Å². The number of halogens is 2. The quantitative estimate of drug-likeness (QED) is 0.504. The van der Waals surface area contributed by atoms with Gasteiger partial charge in [0.15, 0.2) is 11.9 Å². The lowest BCUT2D eigenvalue weighted by atomic mass is 10.2. The summed E-state index contributed by atoms with van der Waals surface area (Å²) in [4.78, 5) is 42.7. The Morgan fingerprint density at radius 2 is 1.93 bits per heavy atom. The number of ether oxygens (including phenoxy) is 1. The summed E-state index contributed by atoms with van der Waals surface area (Å²) in [5.74, 6) is -1.07. The molecule has 29 heavy (non-hydrogen) atoms. The van der Waals surface area contributed by atoms with Crippen LogP contribution < -0.4 is 5.32 Å². The van der Waals surface area contributed by atoms with Crippen LogP contribution in [0.5, 0.6) is 0 Å². The third-order valence-electron chi connectivity index (χ3n) is 3.66. The molecule has 0 aliphatic rings. The van der Waals surface area contributed by atoms with E-state index in [1.54, 1.807) is 38.4 Å². The van der Waals surface area contributed by atoms with Crippen LogP contribution in [0.4, 0.5) is 5.82 Å². The van der Waals surface area contributed by atoms with Gasteiger partial charge in [0.2, 0.25) is 5.91 Å². The largest absolute Gasteiger partial charge is 0.449 e. The fourth-order valence-corrected chi connectivity index (χ4v) is 3.48. The lowest BCUT2D eigenvalue weighted by molar-refractivity contribution is -0.126. The highest BCUT2D eigenvalue weighted by atomic mass is 35.5. The molecule has 0 saturated carbocycles. The van der Waals surface area contributed by atoms with Crippen LogP contribution in [0.25, 0.3) is 0 Å². The van der Waals surface area contributed by atoms with E-state index in [4.69, 9.17) is 27.9 Å². The molecule has 1 N–H and O–H groups in total. The second-order valence-electron chi connectivity index (χ2n) is 6.09. The van der Waals surface area contributed by atoms with Gasteiger partial charge >= 0.3 is 5.97 Å². The van der Waals surface area contributed by atoms with E-state index in [0.29, 0.717) is 9.92 Å². The number of carbonyl (C=O) groups excluding carboxylic acids is 3. The molecule has 0 aliphatic heterocycles. The van der Waals surface area contributed by atoms with Crippen LogP contribution in [-0.4, -0.2) is 53.6 Å². The molecule has 0 aliphatic carbocycles. The average molecular weight is 456 g/mol. The van der Waals surface area contributed by atoms with E-state index in [2.05, 4.69) is 10.3 Å². The van der Waals surface area contributed by atoms with E-state index in [0.717, 1.165) is 0 Å². The van der Waals surface area contributed by atoms with Gasteiger partial charge < -0.3 is 15.0 Å². The third kappa shape index (κ3) is 6.62. The number of pyridine rings is 1. The highest BCUT2D eigenvalue weighted by Gasteiger charge is 2.22. The SMILES string of the molecule is CC(OC(=O)c1ccccc1SCC(=O)N(C)C)C(=O)Nc1ncc(Cl)cc1Cl. The molecule has 0 bridgehead atoms. The Labute approximate surface area is 182 Å². The molecule has 10 heteroatoms. The molecule has 154 valence electrons. The van der Waals surface area contributed by atoms with Gasteiger partial charge in [0.05, 0.1) is 21.4 Å². The van der Waals surface area contributed by atoms with Gasteiger partial charge in [-0.05, 0) is 25.1 Å². The number of benzene rings is 1. The second kappa shape index (κ2) is 10.5. The molecule has 0 fully saturated rings. The molecule has 2 rings (SSSR count). The number of amides is 2. The minimum Gasteiger partial charge on any atom is -0.449 e. The number of esters is 1. The van der Waals surface area contributed by atoms with E-state index in [-0.39, 0.29) is 28.1 Å². The lowest BCUT2D eigenvalue weighted by Gasteiger charge is -2.15. The molecule has 0 saturated heterocycles. The summed E-state index contributed by atoms with van der Waals surface area (Å²) in [6.45, 7) is 1.43. The first-order valence-electron chi connectivity index (χ1n) is 8.44. The summed E-state index contributed by atoms with van der Waals surface area (Å²) >= 11 is 13.0. The van der Waals surface area contributed by atoms with Crippen molar-refractivity contribution in [2.75, 3.05) is 25.2 Å². The van der Waals surface area contributed by atoms with Gasteiger partial charge in [0.1, 0.15) is 0 Å². The van der Waals surface area contributed by atoms with Crippen molar-refractivity contribution in [3.8, 4) is 0 Å². The summed E-state index contributed by atoms with van der Waals surface area (Å²) in [6, 6.07) is 8.16. The zero-order valence-corrected chi connectivity index (χ0v) is 18.3. The van der Waals surface area contributed by atoms with E-state index >= 15 is 0 Å². The van der Waals surface area contributed by atoms with Gasteiger partial charge in [-0.1, -0.05) is 35.3 Å². The van der Waals surface area contributed by atoms with Crippen LogP contribution in [0.15, 0.2) is 41.4 Å². The Hall–Kier alpha value is -2.29. The number of aromatic nitrogens is 1. The standard InChI is InChI=1S/C19H19Cl2N3O4S/c1-11(18(26)23-17-14(21)8-12(20)9-22-17)28-19(27)13-6-4-5-7-15(13)29-10-16(25)24(2)3/h4-9,11H,10H2,1-3H3,(H,22,23,26). The van der Waals surface area contributed by atoms with Crippen molar-refractivity contribution in [3.63, 3.8) is 0 Å². The average Bonchev–Trinajstić information content (AvgIpc) is 2.68. The van der Waals surface area contributed by atoms with Crippen molar-refractivity contribution < 1.29 is 19.1 Å². The number of hydrogen-bond acceptors (Lipinski definition) is 6. The van der Waals surface area contributed by atoms with Gasteiger partial charge in [0.25, 0.3) is 5.91 Å². The molecule has 2 aromatic rings. The normalized spacial score (nSPS) is 11.5. The van der Waals surface area contributed by atoms with Gasteiger partial charge in [-0.15, -0.1) is 11.8 Å². The van der Waals surface area contributed by atoms with Crippen LogP contribution in [-0.2, 0) is 14.3 Å². The number of hydrogen-bond donors (Lipinski definition) is 1. The third-order valence-corrected chi connectivity index (χ3v) is 5.21. The maximum absolute atomic E-state index is 12.6. The van der Waals surface area contributed by atoms with E-state index < -0.39 is 18.0 Å². The second-order valence-corrected chi connectivity index (χ2v) is 7.95. The van der Waals surface area contributed by atoms with Crippen molar-refractivity contribution in [3.05, 3.63) is 52.1 Å². The number of rotatable bonds is 7. The van der Waals surface area contributed by atoms with Crippen LogP contribution in [0.1, 0.15) is 17.3 Å². The predicted molar refractivity (Wildman–Crippen MR) is 114 cm³/mol. The molecule has 1 heterocycles. The maximum atomic E-state index is 12.6. The molecule has 1 atom stereocenters. The molecule has 2 amide bonds. The van der Waals surface area contributed by atoms with Gasteiger partial charge in [0, 0.05) is 25.2 Å². The fraction of sp³-hybridized carbons (Fsp3) is 0.263. The first-order chi connectivity index (χ1) is 13.7. The number of carbonyl (C=O) groups is 3. The Bertz CT molecular complexity index is 924. The highest BCUT2D eigenvalue weighted by molar-refractivity contribution is 8.00. The highest BCUT2D eigenvalue weighted by Crippen LogP contribution is 2.25. The summed E-state index contributed by atoms with van der Waals surface area (Å²) < 4.78 is 5.27. The monoisotopic (exact) mass is 455 g/mol. The number of anilines is 1. The summed E-state index contributed by atoms with van der Waals surface area (Å²) in [6.07, 6.45) is 0.236. The van der Waals surface area contributed by atoms with Gasteiger partial charge in [-0.3, -0.25) is 9.59 Å².